The first kappa shape index (κ1) is 9.13. The van der Waals surface area contributed by atoms with Crippen molar-refractivity contribution >= 4 is 11.4 Å². The highest BCUT2D eigenvalue weighted by Gasteiger charge is 2.23. The van der Waals surface area contributed by atoms with Crippen LogP contribution in [0, 0.1) is 5.41 Å². The summed E-state index contributed by atoms with van der Waals surface area (Å²) >= 11 is 0. The van der Waals surface area contributed by atoms with Crippen molar-refractivity contribution in [2.75, 3.05) is 0 Å². The van der Waals surface area contributed by atoms with Crippen molar-refractivity contribution in [3.05, 3.63) is 35.5 Å². The monoisotopic (exact) mass is 186 g/mol. The largest absolute Gasteiger partial charge is 0.301 e. The predicted molar refractivity (Wildman–Crippen MR) is 60.2 cm³/mol. The third-order valence-corrected chi connectivity index (χ3v) is 2.40. The maximum Gasteiger partial charge on any atom is 0.0744 e. The molecule has 0 unspecified atom stereocenters. The fourth-order valence-corrected chi connectivity index (χ4v) is 1.90. The van der Waals surface area contributed by atoms with Gasteiger partial charge in [0, 0.05) is 5.57 Å². The molecule has 0 bridgehead atoms. The molecular formula is C12H14N2. The smallest absolute Gasteiger partial charge is 0.0744 e. The van der Waals surface area contributed by atoms with E-state index in [-0.39, 0.29) is 5.54 Å². The van der Waals surface area contributed by atoms with Crippen molar-refractivity contribution in [1.29, 1.82) is 5.41 Å². The molecule has 0 spiro atoms. The van der Waals surface area contributed by atoms with Gasteiger partial charge >= 0.3 is 0 Å². The van der Waals surface area contributed by atoms with Crippen LogP contribution in [0.2, 0.25) is 0 Å². The first-order valence-corrected chi connectivity index (χ1v) is 4.76. The van der Waals surface area contributed by atoms with Gasteiger partial charge in [-0.3, -0.25) is 4.99 Å². The summed E-state index contributed by atoms with van der Waals surface area (Å²) in [4.78, 5) is 4.61. The van der Waals surface area contributed by atoms with Crippen LogP contribution in [-0.2, 0) is 0 Å². The molecule has 1 aliphatic carbocycles. The number of aliphatic imine (C=N–C) groups is 1. The molecule has 0 aromatic rings. The van der Waals surface area contributed by atoms with Crippen molar-refractivity contribution in [2.24, 2.45) is 4.99 Å². The predicted octanol–water partition coefficient (Wildman–Crippen LogP) is 2.68. The molecule has 14 heavy (non-hydrogen) atoms. The zero-order valence-electron chi connectivity index (χ0n) is 8.76. The van der Waals surface area contributed by atoms with Crippen LogP contribution in [-0.4, -0.2) is 17.0 Å². The molecule has 1 heterocycles. The Morgan fingerprint density at radius 3 is 2.71 bits per heavy atom. The average Bonchev–Trinajstić information content (AvgIpc) is 2.05. The summed E-state index contributed by atoms with van der Waals surface area (Å²) in [5, 5.41) is 7.56. The zero-order chi connectivity index (χ0) is 10.3. The van der Waals surface area contributed by atoms with Gasteiger partial charge in [0.15, 0.2) is 0 Å². The molecule has 2 aliphatic rings. The van der Waals surface area contributed by atoms with Gasteiger partial charge in [-0.25, -0.2) is 0 Å². The maximum atomic E-state index is 7.56. The van der Waals surface area contributed by atoms with Crippen LogP contribution in [0.4, 0.5) is 0 Å². The Morgan fingerprint density at radius 1 is 1.29 bits per heavy atom. The molecule has 2 rings (SSSR count). The summed E-state index contributed by atoms with van der Waals surface area (Å²) in [5.41, 5.74) is 3.75. The Labute approximate surface area is 84.3 Å². The number of hydrogen-bond donors (Lipinski definition) is 1. The van der Waals surface area contributed by atoms with Gasteiger partial charge in [0.2, 0.25) is 0 Å². The topological polar surface area (TPSA) is 36.2 Å². The van der Waals surface area contributed by atoms with E-state index in [1.165, 1.54) is 5.57 Å². The molecular weight excluding hydrogens is 172 g/mol. The first-order chi connectivity index (χ1) is 6.48. The lowest BCUT2D eigenvalue weighted by Crippen LogP contribution is -2.24. The Morgan fingerprint density at radius 2 is 2.00 bits per heavy atom. The average molecular weight is 186 g/mol. The zero-order valence-corrected chi connectivity index (χ0v) is 8.76. The fourth-order valence-electron chi connectivity index (χ4n) is 1.90. The number of allylic oxidation sites excluding steroid dienone is 5. The molecule has 0 radical (unpaired) electrons. The first-order valence-electron chi connectivity index (χ1n) is 4.76. The molecule has 0 atom stereocenters. The van der Waals surface area contributed by atoms with Crippen LogP contribution in [0.5, 0.6) is 0 Å². The highest BCUT2D eigenvalue weighted by molar-refractivity contribution is 6.22. The van der Waals surface area contributed by atoms with Crippen LogP contribution >= 0.6 is 0 Å². The maximum absolute atomic E-state index is 7.56. The van der Waals surface area contributed by atoms with E-state index < -0.39 is 0 Å². The van der Waals surface area contributed by atoms with Crippen LogP contribution < -0.4 is 0 Å². The molecule has 1 aliphatic heterocycles. The van der Waals surface area contributed by atoms with Gasteiger partial charge in [-0.15, -0.1) is 0 Å². The van der Waals surface area contributed by atoms with Crippen molar-refractivity contribution in [3.8, 4) is 0 Å². The summed E-state index contributed by atoms with van der Waals surface area (Å²) in [6, 6.07) is 0. The minimum Gasteiger partial charge on any atom is -0.301 e. The van der Waals surface area contributed by atoms with Crippen molar-refractivity contribution < 1.29 is 0 Å². The van der Waals surface area contributed by atoms with Crippen molar-refractivity contribution in [3.63, 3.8) is 0 Å². The molecule has 72 valence electrons. The Balaban J connectivity index is 2.53. The van der Waals surface area contributed by atoms with E-state index in [0.29, 0.717) is 5.71 Å². The summed E-state index contributed by atoms with van der Waals surface area (Å²) in [7, 11) is 0. The van der Waals surface area contributed by atoms with E-state index in [0.717, 1.165) is 11.3 Å². The molecule has 0 amide bonds. The Bertz CT molecular complexity index is 418. The highest BCUT2D eigenvalue weighted by Crippen LogP contribution is 2.28. The van der Waals surface area contributed by atoms with Gasteiger partial charge in [0.1, 0.15) is 0 Å². The normalized spacial score (nSPS) is 23.6. The summed E-state index contributed by atoms with van der Waals surface area (Å²) in [5.74, 6) is 0. The number of rotatable bonds is 0. The van der Waals surface area contributed by atoms with E-state index in [1.54, 1.807) is 6.08 Å². The summed E-state index contributed by atoms with van der Waals surface area (Å²) < 4.78 is 0. The van der Waals surface area contributed by atoms with Gasteiger partial charge < -0.3 is 5.41 Å². The van der Waals surface area contributed by atoms with Gasteiger partial charge in [0.05, 0.1) is 17.0 Å². The standard InChI is InChI=1S/C12H14N2/c1-8-7-12(2,3)14-11-5-4-9(13)6-10(8)11/h4-7,13H,1-3H3. The van der Waals surface area contributed by atoms with Gasteiger partial charge in [0.25, 0.3) is 0 Å². The second-order valence-corrected chi connectivity index (χ2v) is 4.32. The quantitative estimate of drug-likeness (QED) is 0.565. The third-order valence-electron chi connectivity index (χ3n) is 2.40. The number of hydrogen-bond acceptors (Lipinski definition) is 2. The summed E-state index contributed by atoms with van der Waals surface area (Å²) in [6.45, 7) is 6.26. The molecule has 0 saturated heterocycles. The summed E-state index contributed by atoms with van der Waals surface area (Å²) in [6.07, 6.45) is 7.74. The Kier molecular flexibility index (Phi) is 1.81. The van der Waals surface area contributed by atoms with E-state index >= 15 is 0 Å². The highest BCUT2D eigenvalue weighted by atomic mass is 14.9. The lowest BCUT2D eigenvalue weighted by Gasteiger charge is -2.26. The van der Waals surface area contributed by atoms with Crippen LogP contribution in [0.3, 0.4) is 0 Å². The lowest BCUT2D eigenvalue weighted by atomic mass is 9.88. The molecule has 1 N–H and O–H groups in total. The van der Waals surface area contributed by atoms with Gasteiger partial charge in [-0.05, 0) is 44.6 Å². The number of nitrogens with zero attached hydrogens (tertiary/aromatic N) is 1. The second kappa shape index (κ2) is 2.77. The molecule has 2 nitrogen and oxygen atoms in total. The number of nitrogens with one attached hydrogen (secondary N) is 1. The van der Waals surface area contributed by atoms with Crippen LogP contribution in [0.1, 0.15) is 20.8 Å². The van der Waals surface area contributed by atoms with Crippen molar-refractivity contribution in [2.45, 2.75) is 26.3 Å². The molecule has 0 saturated carbocycles. The van der Waals surface area contributed by atoms with Gasteiger partial charge in [-0.2, -0.15) is 0 Å². The van der Waals surface area contributed by atoms with E-state index in [4.69, 9.17) is 5.41 Å². The minimum atomic E-state index is -0.110. The van der Waals surface area contributed by atoms with Gasteiger partial charge in [-0.1, -0.05) is 6.08 Å². The van der Waals surface area contributed by atoms with E-state index in [1.807, 2.05) is 12.2 Å². The number of fused-ring (bicyclic) bond motifs is 1. The van der Waals surface area contributed by atoms with Crippen LogP contribution in [0.15, 0.2) is 40.4 Å². The molecule has 0 fully saturated rings. The fraction of sp³-hybridized carbons (Fsp3) is 0.333. The van der Waals surface area contributed by atoms with Crippen LogP contribution in [0.25, 0.3) is 0 Å². The minimum absolute atomic E-state index is 0.110. The van der Waals surface area contributed by atoms with E-state index in [9.17, 15) is 0 Å². The number of dihydropyridines is 1. The third kappa shape index (κ3) is 1.48. The lowest BCUT2D eigenvalue weighted by molar-refractivity contribution is 0.648. The molecule has 0 aromatic carbocycles. The second-order valence-electron chi connectivity index (χ2n) is 4.32. The molecule has 0 aromatic heterocycles. The van der Waals surface area contributed by atoms with Crippen molar-refractivity contribution in [1.82, 2.24) is 0 Å². The Hall–Kier alpha value is -1.44. The SMILES string of the molecule is CC1=CC(C)(C)N=C2C=CC(=N)C=C12. The molecule has 2 heteroatoms. The van der Waals surface area contributed by atoms with E-state index in [2.05, 4.69) is 31.8 Å².